The Morgan fingerprint density at radius 3 is 2.89 bits per heavy atom. The molecule has 0 saturated carbocycles. The van der Waals surface area contributed by atoms with Crippen LogP contribution in [0, 0.1) is 9.49 Å². The van der Waals surface area contributed by atoms with Crippen molar-refractivity contribution in [2.24, 2.45) is 5.92 Å². The highest BCUT2D eigenvalue weighted by atomic mass is 127. The molecular formula is C12H11ClINO3. The number of esters is 1. The van der Waals surface area contributed by atoms with Gasteiger partial charge in [-0.2, -0.15) is 0 Å². The molecule has 0 N–H and O–H groups in total. The van der Waals surface area contributed by atoms with E-state index >= 15 is 0 Å². The first-order valence-corrected chi connectivity index (χ1v) is 6.82. The number of benzene rings is 1. The second kappa shape index (κ2) is 5.44. The van der Waals surface area contributed by atoms with E-state index in [2.05, 4.69) is 27.3 Å². The molecule has 1 aromatic rings. The third-order valence-electron chi connectivity index (χ3n) is 2.87. The first-order valence-electron chi connectivity index (χ1n) is 5.36. The average molecular weight is 380 g/mol. The van der Waals surface area contributed by atoms with Crippen LogP contribution in [0.25, 0.3) is 0 Å². The Hall–Kier alpha value is -0.820. The number of amides is 1. The predicted molar refractivity (Wildman–Crippen MR) is 76.6 cm³/mol. The van der Waals surface area contributed by atoms with Gasteiger partial charge in [0.1, 0.15) is 0 Å². The van der Waals surface area contributed by atoms with E-state index in [4.69, 9.17) is 11.6 Å². The first kappa shape index (κ1) is 13.6. The number of carbonyl (C=O) groups excluding carboxylic acids is 2. The monoisotopic (exact) mass is 379 g/mol. The number of carbonyl (C=O) groups is 2. The van der Waals surface area contributed by atoms with Crippen molar-refractivity contribution in [1.82, 2.24) is 0 Å². The summed E-state index contributed by atoms with van der Waals surface area (Å²) < 4.78 is 5.55. The lowest BCUT2D eigenvalue weighted by molar-refractivity contribution is -0.145. The molecule has 96 valence electrons. The standard InChI is InChI=1S/C12H11ClINO3/c1-18-12(17)7-4-11(16)15(6-7)8-2-3-9(13)10(14)5-8/h2-3,5,7H,4,6H2,1H3. The van der Waals surface area contributed by atoms with E-state index in [0.717, 1.165) is 9.26 Å². The molecule has 1 atom stereocenters. The lowest BCUT2D eigenvalue weighted by Gasteiger charge is -2.17. The van der Waals surface area contributed by atoms with Crippen LogP contribution >= 0.6 is 34.2 Å². The van der Waals surface area contributed by atoms with Crippen molar-refractivity contribution in [3.05, 3.63) is 26.8 Å². The summed E-state index contributed by atoms with van der Waals surface area (Å²) in [6.45, 7) is 0.364. The second-order valence-electron chi connectivity index (χ2n) is 4.03. The zero-order valence-electron chi connectivity index (χ0n) is 9.65. The van der Waals surface area contributed by atoms with Gasteiger partial charge in [-0.25, -0.2) is 0 Å². The molecule has 0 spiro atoms. The normalized spacial score (nSPS) is 19.2. The Morgan fingerprint density at radius 1 is 1.56 bits per heavy atom. The number of halogens is 2. The second-order valence-corrected chi connectivity index (χ2v) is 5.60. The van der Waals surface area contributed by atoms with E-state index in [1.54, 1.807) is 17.0 Å². The van der Waals surface area contributed by atoms with Crippen LogP contribution in [-0.4, -0.2) is 25.5 Å². The van der Waals surface area contributed by atoms with Crippen LogP contribution in [0.5, 0.6) is 0 Å². The van der Waals surface area contributed by atoms with Crippen LogP contribution in [0.3, 0.4) is 0 Å². The van der Waals surface area contributed by atoms with E-state index in [1.165, 1.54) is 7.11 Å². The molecule has 0 bridgehead atoms. The van der Waals surface area contributed by atoms with Gasteiger partial charge in [-0.1, -0.05) is 11.6 Å². The maximum absolute atomic E-state index is 11.9. The van der Waals surface area contributed by atoms with Gasteiger partial charge in [0.25, 0.3) is 0 Å². The summed E-state index contributed by atoms with van der Waals surface area (Å²) in [6, 6.07) is 5.36. The van der Waals surface area contributed by atoms with Crippen molar-refractivity contribution in [3.8, 4) is 0 Å². The van der Waals surface area contributed by atoms with Crippen molar-refractivity contribution >= 4 is 51.8 Å². The lowest BCUT2D eigenvalue weighted by atomic mass is 10.1. The number of methoxy groups -OCH3 is 1. The van der Waals surface area contributed by atoms with Crippen molar-refractivity contribution in [2.45, 2.75) is 6.42 Å². The molecule has 1 unspecified atom stereocenters. The van der Waals surface area contributed by atoms with E-state index < -0.39 is 0 Å². The number of hydrogen-bond donors (Lipinski definition) is 0. The molecule has 0 radical (unpaired) electrons. The van der Waals surface area contributed by atoms with Crippen LogP contribution in [0.1, 0.15) is 6.42 Å². The summed E-state index contributed by atoms with van der Waals surface area (Å²) in [5.41, 5.74) is 0.764. The van der Waals surface area contributed by atoms with Gasteiger partial charge in [0.05, 0.1) is 18.1 Å². The van der Waals surface area contributed by atoms with Gasteiger partial charge in [-0.05, 0) is 40.8 Å². The van der Waals surface area contributed by atoms with Crippen LogP contribution < -0.4 is 4.90 Å². The van der Waals surface area contributed by atoms with E-state index in [1.807, 2.05) is 6.07 Å². The smallest absolute Gasteiger partial charge is 0.311 e. The summed E-state index contributed by atoms with van der Waals surface area (Å²) in [7, 11) is 1.33. The molecule has 1 aliphatic heterocycles. The van der Waals surface area contributed by atoms with E-state index in [-0.39, 0.29) is 24.2 Å². The third kappa shape index (κ3) is 2.61. The Balaban J connectivity index is 2.21. The summed E-state index contributed by atoms with van der Waals surface area (Å²) in [5.74, 6) is -0.783. The van der Waals surface area contributed by atoms with Gasteiger partial charge >= 0.3 is 5.97 Å². The summed E-state index contributed by atoms with van der Waals surface area (Å²) in [6.07, 6.45) is 0.200. The molecule has 1 amide bonds. The number of rotatable bonds is 2. The van der Waals surface area contributed by atoms with Crippen LogP contribution in [-0.2, 0) is 14.3 Å². The van der Waals surface area contributed by atoms with Crippen molar-refractivity contribution in [2.75, 3.05) is 18.6 Å². The molecular weight excluding hydrogens is 368 g/mol. The van der Waals surface area contributed by atoms with Crippen LogP contribution in [0.15, 0.2) is 18.2 Å². The van der Waals surface area contributed by atoms with Gasteiger partial charge in [-0.15, -0.1) is 0 Å². The van der Waals surface area contributed by atoms with E-state index in [9.17, 15) is 9.59 Å². The van der Waals surface area contributed by atoms with Crippen LogP contribution in [0.4, 0.5) is 5.69 Å². The largest absolute Gasteiger partial charge is 0.469 e. The van der Waals surface area contributed by atoms with Gasteiger partial charge in [-0.3, -0.25) is 9.59 Å². The molecule has 0 aromatic heterocycles. The SMILES string of the molecule is COC(=O)C1CC(=O)N(c2ccc(Cl)c(I)c2)C1. The molecule has 1 aliphatic rings. The molecule has 4 nitrogen and oxygen atoms in total. The number of ether oxygens (including phenoxy) is 1. The van der Waals surface area contributed by atoms with Gasteiger partial charge in [0.2, 0.25) is 5.91 Å². The molecule has 18 heavy (non-hydrogen) atoms. The predicted octanol–water partition coefficient (Wildman–Crippen LogP) is 2.47. The van der Waals surface area contributed by atoms with Crippen molar-refractivity contribution < 1.29 is 14.3 Å². The Morgan fingerprint density at radius 2 is 2.28 bits per heavy atom. The number of nitrogens with zero attached hydrogens (tertiary/aromatic N) is 1. The average Bonchev–Trinajstić information content (AvgIpc) is 2.74. The highest BCUT2D eigenvalue weighted by Crippen LogP contribution is 2.29. The van der Waals surface area contributed by atoms with Crippen molar-refractivity contribution in [3.63, 3.8) is 0 Å². The quantitative estimate of drug-likeness (QED) is 0.586. The molecule has 1 fully saturated rings. The Bertz CT molecular complexity index is 506. The topological polar surface area (TPSA) is 46.6 Å². The number of anilines is 1. The highest BCUT2D eigenvalue weighted by Gasteiger charge is 2.35. The molecule has 1 heterocycles. The molecule has 6 heteroatoms. The highest BCUT2D eigenvalue weighted by molar-refractivity contribution is 14.1. The molecule has 2 rings (SSSR count). The zero-order valence-corrected chi connectivity index (χ0v) is 12.6. The Kier molecular flexibility index (Phi) is 4.11. The zero-order chi connectivity index (χ0) is 13.3. The van der Waals surface area contributed by atoms with Crippen LogP contribution in [0.2, 0.25) is 5.02 Å². The molecule has 1 saturated heterocycles. The minimum Gasteiger partial charge on any atom is -0.469 e. The fraction of sp³-hybridized carbons (Fsp3) is 0.333. The first-order chi connectivity index (χ1) is 8.52. The van der Waals surface area contributed by atoms with Gasteiger partial charge in [0.15, 0.2) is 0 Å². The fourth-order valence-corrected chi connectivity index (χ4v) is 2.55. The summed E-state index contributed by atoms with van der Waals surface area (Å²) in [4.78, 5) is 24.9. The Labute approximate surface area is 123 Å². The lowest BCUT2D eigenvalue weighted by Crippen LogP contribution is -2.26. The third-order valence-corrected chi connectivity index (χ3v) is 4.42. The maximum Gasteiger partial charge on any atom is 0.311 e. The van der Waals surface area contributed by atoms with Gasteiger partial charge in [0, 0.05) is 22.2 Å². The molecule has 0 aliphatic carbocycles. The minimum absolute atomic E-state index is 0.0662. The van der Waals surface area contributed by atoms with Gasteiger partial charge < -0.3 is 9.64 Å². The van der Waals surface area contributed by atoms with E-state index in [0.29, 0.717) is 11.6 Å². The maximum atomic E-state index is 11.9. The molecule has 1 aromatic carbocycles. The van der Waals surface area contributed by atoms with Crippen molar-refractivity contribution in [1.29, 1.82) is 0 Å². The summed E-state index contributed by atoms with van der Waals surface area (Å²) >= 11 is 8.05. The summed E-state index contributed by atoms with van der Waals surface area (Å²) in [5, 5.41) is 0.649. The fourth-order valence-electron chi connectivity index (χ4n) is 1.93. The minimum atomic E-state index is -0.379. The number of hydrogen-bond acceptors (Lipinski definition) is 3.